The van der Waals surface area contributed by atoms with Crippen molar-refractivity contribution in [2.75, 3.05) is 33.1 Å². The lowest BCUT2D eigenvalue weighted by atomic mass is 9.99. The molecular formula is C25H28N4O4. The van der Waals surface area contributed by atoms with Gasteiger partial charge in [0, 0.05) is 32.4 Å². The number of anilines is 1. The van der Waals surface area contributed by atoms with E-state index in [0.717, 1.165) is 42.5 Å². The molecule has 2 heterocycles. The summed E-state index contributed by atoms with van der Waals surface area (Å²) >= 11 is 0. The molecule has 0 radical (unpaired) electrons. The van der Waals surface area contributed by atoms with Gasteiger partial charge in [0.25, 0.3) is 5.91 Å². The zero-order chi connectivity index (χ0) is 23.2. The van der Waals surface area contributed by atoms with E-state index in [-0.39, 0.29) is 11.7 Å². The van der Waals surface area contributed by atoms with Crippen LogP contribution in [0.3, 0.4) is 0 Å². The van der Waals surface area contributed by atoms with Crippen molar-refractivity contribution in [2.24, 2.45) is 4.99 Å². The smallest absolute Gasteiger partial charge is 0.291 e. The zero-order valence-electron chi connectivity index (χ0n) is 19.1. The molecule has 33 heavy (non-hydrogen) atoms. The molecule has 0 aliphatic carbocycles. The van der Waals surface area contributed by atoms with Crippen LogP contribution >= 0.6 is 0 Å². The van der Waals surface area contributed by atoms with E-state index in [9.17, 15) is 4.79 Å². The lowest BCUT2D eigenvalue weighted by Crippen LogP contribution is -2.43. The van der Waals surface area contributed by atoms with Crippen LogP contribution in [0.5, 0.6) is 11.5 Å². The van der Waals surface area contributed by atoms with E-state index in [1.165, 1.54) is 17.4 Å². The number of nitrogens with one attached hydrogen (secondary N) is 2. The summed E-state index contributed by atoms with van der Waals surface area (Å²) < 4.78 is 16.0. The van der Waals surface area contributed by atoms with Gasteiger partial charge in [-0.25, -0.2) is 0 Å². The van der Waals surface area contributed by atoms with Crippen LogP contribution in [0.25, 0.3) is 0 Å². The molecule has 8 heteroatoms. The van der Waals surface area contributed by atoms with Crippen molar-refractivity contribution >= 4 is 17.6 Å². The molecule has 1 amide bonds. The first-order valence-corrected chi connectivity index (χ1v) is 10.7. The second kappa shape index (κ2) is 10.1. The SMILES string of the molecule is CN=C(NCc1ccc(NC(=O)c2ccco2)cc1)N1CCc2cc(OC)c(OC)cc2C1. The third kappa shape index (κ3) is 5.11. The van der Waals surface area contributed by atoms with Crippen molar-refractivity contribution in [3.63, 3.8) is 0 Å². The Labute approximate surface area is 193 Å². The molecule has 0 bridgehead atoms. The normalized spacial score (nSPS) is 13.3. The van der Waals surface area contributed by atoms with Gasteiger partial charge < -0.3 is 29.4 Å². The van der Waals surface area contributed by atoms with E-state index in [2.05, 4.69) is 26.6 Å². The molecule has 0 unspecified atom stereocenters. The Hall–Kier alpha value is -3.94. The summed E-state index contributed by atoms with van der Waals surface area (Å²) in [5.74, 6) is 2.34. The highest BCUT2D eigenvalue weighted by Gasteiger charge is 2.21. The van der Waals surface area contributed by atoms with Crippen LogP contribution < -0.4 is 20.1 Å². The van der Waals surface area contributed by atoms with Crippen LogP contribution in [0.15, 0.2) is 64.2 Å². The molecule has 0 spiro atoms. The third-order valence-corrected chi connectivity index (χ3v) is 5.64. The van der Waals surface area contributed by atoms with E-state index in [0.29, 0.717) is 12.2 Å². The predicted octanol–water partition coefficient (Wildman–Crippen LogP) is 3.68. The average Bonchev–Trinajstić information content (AvgIpc) is 3.39. The molecule has 4 rings (SSSR count). The Balaban J connectivity index is 1.36. The fraction of sp³-hybridized carbons (Fsp3) is 0.280. The van der Waals surface area contributed by atoms with E-state index < -0.39 is 0 Å². The minimum Gasteiger partial charge on any atom is -0.493 e. The molecule has 2 N–H and O–H groups in total. The van der Waals surface area contributed by atoms with Crippen LogP contribution in [-0.2, 0) is 19.5 Å². The maximum atomic E-state index is 12.1. The van der Waals surface area contributed by atoms with Gasteiger partial charge in [0.1, 0.15) is 0 Å². The fourth-order valence-electron chi connectivity index (χ4n) is 3.88. The van der Waals surface area contributed by atoms with Gasteiger partial charge in [-0.05, 0) is 59.5 Å². The van der Waals surface area contributed by atoms with Crippen molar-refractivity contribution < 1.29 is 18.7 Å². The highest BCUT2D eigenvalue weighted by Crippen LogP contribution is 2.33. The summed E-state index contributed by atoms with van der Waals surface area (Å²) in [5.41, 5.74) is 4.27. The van der Waals surface area contributed by atoms with Crippen molar-refractivity contribution in [3.8, 4) is 11.5 Å². The number of guanidine groups is 1. The molecule has 0 fully saturated rings. The summed E-state index contributed by atoms with van der Waals surface area (Å²) in [6, 6.07) is 15.1. The van der Waals surface area contributed by atoms with Gasteiger partial charge in [-0.2, -0.15) is 0 Å². The molecular weight excluding hydrogens is 420 g/mol. The van der Waals surface area contributed by atoms with E-state index in [1.807, 2.05) is 30.3 Å². The number of fused-ring (bicyclic) bond motifs is 1. The van der Waals surface area contributed by atoms with Crippen LogP contribution in [-0.4, -0.2) is 44.6 Å². The summed E-state index contributed by atoms with van der Waals surface area (Å²) in [4.78, 5) is 18.8. The van der Waals surface area contributed by atoms with Gasteiger partial charge >= 0.3 is 0 Å². The number of hydrogen-bond donors (Lipinski definition) is 2. The third-order valence-electron chi connectivity index (χ3n) is 5.64. The first-order chi connectivity index (χ1) is 16.1. The lowest BCUT2D eigenvalue weighted by molar-refractivity contribution is 0.0996. The number of carbonyl (C=O) groups is 1. The Bertz CT molecular complexity index is 1120. The molecule has 3 aromatic rings. The first-order valence-electron chi connectivity index (χ1n) is 10.7. The summed E-state index contributed by atoms with van der Waals surface area (Å²) in [6.45, 7) is 2.22. The first kappa shape index (κ1) is 22.3. The molecule has 0 saturated carbocycles. The number of methoxy groups -OCH3 is 2. The van der Waals surface area contributed by atoms with E-state index in [1.54, 1.807) is 33.4 Å². The summed E-state index contributed by atoms with van der Waals surface area (Å²) in [5, 5.41) is 6.26. The second-order valence-corrected chi connectivity index (χ2v) is 7.68. The van der Waals surface area contributed by atoms with Gasteiger partial charge in [0.2, 0.25) is 0 Å². The number of amides is 1. The van der Waals surface area contributed by atoms with Gasteiger partial charge in [-0.3, -0.25) is 9.79 Å². The number of furan rings is 1. The molecule has 0 atom stereocenters. The maximum absolute atomic E-state index is 12.1. The van der Waals surface area contributed by atoms with Crippen molar-refractivity contribution in [2.45, 2.75) is 19.5 Å². The van der Waals surface area contributed by atoms with Crippen molar-refractivity contribution in [3.05, 3.63) is 77.2 Å². The number of ether oxygens (including phenoxy) is 2. The second-order valence-electron chi connectivity index (χ2n) is 7.68. The minimum absolute atomic E-state index is 0.272. The predicted molar refractivity (Wildman–Crippen MR) is 127 cm³/mol. The molecule has 8 nitrogen and oxygen atoms in total. The van der Waals surface area contributed by atoms with Crippen LogP contribution in [0.4, 0.5) is 5.69 Å². The standard InChI is InChI=1S/C25H28N4O4/c1-26-25(29-11-10-18-13-22(31-2)23(32-3)14-19(18)16-29)27-15-17-6-8-20(9-7-17)28-24(30)21-5-4-12-33-21/h4-9,12-14H,10-11,15-16H2,1-3H3,(H,26,27)(H,28,30). The van der Waals surface area contributed by atoms with Crippen LogP contribution in [0.1, 0.15) is 27.2 Å². The van der Waals surface area contributed by atoms with Gasteiger partial charge in [-0.1, -0.05) is 12.1 Å². The van der Waals surface area contributed by atoms with Crippen LogP contribution in [0.2, 0.25) is 0 Å². The molecule has 1 aliphatic heterocycles. The minimum atomic E-state index is -0.272. The Morgan fingerprint density at radius 1 is 1.09 bits per heavy atom. The highest BCUT2D eigenvalue weighted by atomic mass is 16.5. The van der Waals surface area contributed by atoms with E-state index in [4.69, 9.17) is 13.9 Å². The van der Waals surface area contributed by atoms with Crippen LogP contribution in [0, 0.1) is 0 Å². The largest absolute Gasteiger partial charge is 0.493 e. The zero-order valence-corrected chi connectivity index (χ0v) is 19.1. The molecule has 172 valence electrons. The fourth-order valence-corrected chi connectivity index (χ4v) is 3.88. The lowest BCUT2D eigenvalue weighted by Gasteiger charge is -2.32. The van der Waals surface area contributed by atoms with Gasteiger partial charge in [0.05, 0.1) is 20.5 Å². The van der Waals surface area contributed by atoms with Crippen molar-refractivity contribution in [1.82, 2.24) is 10.2 Å². The highest BCUT2D eigenvalue weighted by molar-refractivity contribution is 6.02. The Morgan fingerprint density at radius 2 is 1.82 bits per heavy atom. The monoisotopic (exact) mass is 448 g/mol. The number of rotatable bonds is 6. The Morgan fingerprint density at radius 3 is 2.45 bits per heavy atom. The van der Waals surface area contributed by atoms with Gasteiger partial charge in [0.15, 0.2) is 23.2 Å². The Kier molecular flexibility index (Phi) is 6.83. The summed E-state index contributed by atoms with van der Waals surface area (Å²) in [6.07, 6.45) is 2.38. The molecule has 2 aromatic carbocycles. The molecule has 1 aliphatic rings. The number of hydrogen-bond acceptors (Lipinski definition) is 5. The number of nitrogens with zero attached hydrogens (tertiary/aromatic N) is 2. The topological polar surface area (TPSA) is 88.3 Å². The van der Waals surface area contributed by atoms with Crippen molar-refractivity contribution in [1.29, 1.82) is 0 Å². The maximum Gasteiger partial charge on any atom is 0.291 e. The molecule has 0 saturated heterocycles. The number of benzene rings is 2. The number of aliphatic imine (C=N–C) groups is 1. The van der Waals surface area contributed by atoms with E-state index >= 15 is 0 Å². The molecule has 1 aromatic heterocycles. The quantitative estimate of drug-likeness (QED) is 0.442. The average molecular weight is 449 g/mol. The number of carbonyl (C=O) groups excluding carboxylic acids is 1. The van der Waals surface area contributed by atoms with Gasteiger partial charge in [-0.15, -0.1) is 0 Å². The summed E-state index contributed by atoms with van der Waals surface area (Å²) in [7, 11) is 5.10.